The van der Waals surface area contributed by atoms with Gasteiger partial charge in [-0.3, -0.25) is 4.79 Å². The first-order valence-electron chi connectivity index (χ1n) is 4.99. The van der Waals surface area contributed by atoms with Gasteiger partial charge in [0.05, 0.1) is 11.3 Å². The summed E-state index contributed by atoms with van der Waals surface area (Å²) in [5.41, 5.74) is 1.43. The normalized spacial score (nSPS) is 19.9. The van der Waals surface area contributed by atoms with E-state index in [1.165, 1.54) is 5.01 Å². The van der Waals surface area contributed by atoms with Crippen molar-refractivity contribution in [1.82, 2.24) is 9.91 Å². The summed E-state index contributed by atoms with van der Waals surface area (Å²) in [5, 5.41) is 5.68. The van der Waals surface area contributed by atoms with Crippen LogP contribution in [-0.2, 0) is 4.79 Å². The molecule has 4 heteroatoms. The fourth-order valence-electron chi connectivity index (χ4n) is 1.45. The molecule has 0 radical (unpaired) electrons. The minimum atomic E-state index is -0.109. The number of hydrogen-bond donors (Lipinski definition) is 0. The molecule has 0 aromatic carbocycles. The number of rotatable bonds is 1. The van der Waals surface area contributed by atoms with E-state index >= 15 is 0 Å². The molecule has 1 heterocycles. The highest BCUT2D eigenvalue weighted by Gasteiger charge is 2.34. The summed E-state index contributed by atoms with van der Waals surface area (Å²) in [6.07, 6.45) is 1.83. The SMILES string of the molecule is CN(C)C=C1C(=O)N(C)N=C1C(C)(C)C. The van der Waals surface area contributed by atoms with Gasteiger partial charge in [-0.25, -0.2) is 5.01 Å². The fraction of sp³-hybridized carbons (Fsp3) is 0.636. The Morgan fingerprint density at radius 2 is 1.87 bits per heavy atom. The fourth-order valence-corrected chi connectivity index (χ4v) is 1.45. The van der Waals surface area contributed by atoms with Crippen LogP contribution in [0.1, 0.15) is 20.8 Å². The summed E-state index contributed by atoms with van der Waals surface area (Å²) >= 11 is 0. The molecule has 0 bridgehead atoms. The number of nitrogens with zero attached hydrogens (tertiary/aromatic N) is 3. The van der Waals surface area contributed by atoms with Crippen LogP contribution < -0.4 is 0 Å². The second-order valence-corrected chi connectivity index (χ2v) is 5.03. The van der Waals surface area contributed by atoms with Crippen LogP contribution in [0.15, 0.2) is 16.9 Å². The molecule has 84 valence electrons. The summed E-state index contributed by atoms with van der Waals surface area (Å²) < 4.78 is 0. The monoisotopic (exact) mass is 209 g/mol. The Bertz CT molecular complexity index is 334. The zero-order valence-electron chi connectivity index (χ0n) is 10.3. The molecule has 0 saturated carbocycles. The number of hydrogen-bond acceptors (Lipinski definition) is 3. The third-order valence-corrected chi connectivity index (χ3v) is 2.13. The third-order valence-electron chi connectivity index (χ3n) is 2.13. The van der Waals surface area contributed by atoms with Crippen LogP contribution in [0.3, 0.4) is 0 Å². The molecular formula is C11H19N3O. The first kappa shape index (κ1) is 11.8. The molecule has 0 atom stereocenters. The lowest BCUT2D eigenvalue weighted by atomic mass is 9.86. The average molecular weight is 209 g/mol. The average Bonchev–Trinajstić information content (AvgIpc) is 2.30. The summed E-state index contributed by atoms with van der Waals surface area (Å²) in [6, 6.07) is 0. The van der Waals surface area contributed by atoms with Gasteiger partial charge >= 0.3 is 0 Å². The second-order valence-electron chi connectivity index (χ2n) is 5.03. The van der Waals surface area contributed by atoms with Crippen molar-refractivity contribution in [3.63, 3.8) is 0 Å². The molecule has 0 aromatic heterocycles. The molecular weight excluding hydrogens is 190 g/mol. The van der Waals surface area contributed by atoms with Crippen LogP contribution in [0.4, 0.5) is 0 Å². The van der Waals surface area contributed by atoms with Crippen molar-refractivity contribution in [2.24, 2.45) is 10.5 Å². The molecule has 1 aliphatic rings. The lowest BCUT2D eigenvalue weighted by molar-refractivity contribution is -0.124. The van der Waals surface area contributed by atoms with Gasteiger partial charge in [-0.05, 0) is 0 Å². The van der Waals surface area contributed by atoms with Gasteiger partial charge < -0.3 is 4.90 Å². The van der Waals surface area contributed by atoms with Crippen LogP contribution in [0.25, 0.3) is 0 Å². The van der Waals surface area contributed by atoms with Crippen molar-refractivity contribution in [1.29, 1.82) is 0 Å². The van der Waals surface area contributed by atoms with E-state index in [9.17, 15) is 4.79 Å². The lowest BCUT2D eigenvalue weighted by Crippen LogP contribution is -2.24. The van der Waals surface area contributed by atoms with Gasteiger partial charge in [-0.1, -0.05) is 20.8 Å². The zero-order chi connectivity index (χ0) is 11.8. The van der Waals surface area contributed by atoms with Gasteiger partial charge in [-0.15, -0.1) is 0 Å². The highest BCUT2D eigenvalue weighted by Crippen LogP contribution is 2.27. The molecule has 4 nitrogen and oxygen atoms in total. The van der Waals surface area contributed by atoms with Gasteiger partial charge in [-0.2, -0.15) is 5.10 Å². The molecule has 0 aliphatic carbocycles. The first-order chi connectivity index (χ1) is 6.73. The van der Waals surface area contributed by atoms with E-state index in [1.807, 2.05) is 25.2 Å². The van der Waals surface area contributed by atoms with Gasteiger partial charge in [0.25, 0.3) is 5.91 Å². The van der Waals surface area contributed by atoms with E-state index < -0.39 is 0 Å². The van der Waals surface area contributed by atoms with Gasteiger partial charge in [0.15, 0.2) is 0 Å². The predicted octanol–water partition coefficient (Wildman–Crippen LogP) is 1.31. The number of carbonyl (C=O) groups is 1. The standard InChI is InChI=1S/C11H19N3O/c1-11(2,3)9-8(7-13(4)5)10(15)14(6)12-9/h7H,1-6H3. The van der Waals surface area contributed by atoms with E-state index in [0.29, 0.717) is 5.57 Å². The second kappa shape index (κ2) is 3.68. The maximum absolute atomic E-state index is 11.8. The third kappa shape index (κ3) is 2.37. The van der Waals surface area contributed by atoms with Crippen LogP contribution >= 0.6 is 0 Å². The van der Waals surface area contributed by atoms with E-state index in [1.54, 1.807) is 7.05 Å². The molecule has 0 saturated heterocycles. The zero-order valence-corrected chi connectivity index (χ0v) is 10.3. The lowest BCUT2D eigenvalue weighted by Gasteiger charge is -2.18. The smallest absolute Gasteiger partial charge is 0.277 e. The van der Waals surface area contributed by atoms with Crippen molar-refractivity contribution >= 4 is 11.6 Å². The van der Waals surface area contributed by atoms with Crippen LogP contribution in [-0.4, -0.2) is 42.7 Å². The highest BCUT2D eigenvalue weighted by atomic mass is 16.2. The van der Waals surface area contributed by atoms with Crippen LogP contribution in [0, 0.1) is 5.41 Å². The molecule has 15 heavy (non-hydrogen) atoms. The molecule has 1 amide bonds. The van der Waals surface area contributed by atoms with Crippen LogP contribution in [0.2, 0.25) is 0 Å². The highest BCUT2D eigenvalue weighted by molar-refractivity contribution is 6.26. The Balaban J connectivity index is 3.15. The van der Waals surface area contributed by atoms with Crippen LogP contribution in [0.5, 0.6) is 0 Å². The van der Waals surface area contributed by atoms with E-state index in [4.69, 9.17) is 0 Å². The minimum Gasteiger partial charge on any atom is -0.383 e. The largest absolute Gasteiger partial charge is 0.383 e. The first-order valence-corrected chi connectivity index (χ1v) is 4.99. The summed E-state index contributed by atoms with van der Waals surface area (Å²) in [7, 11) is 5.49. The molecule has 1 aliphatic heterocycles. The summed E-state index contributed by atoms with van der Waals surface area (Å²) in [6.45, 7) is 6.17. The Kier molecular flexibility index (Phi) is 2.88. The predicted molar refractivity (Wildman–Crippen MR) is 61.4 cm³/mol. The van der Waals surface area contributed by atoms with Gasteiger partial charge in [0.2, 0.25) is 0 Å². The van der Waals surface area contributed by atoms with Crippen molar-refractivity contribution < 1.29 is 4.79 Å². The maximum atomic E-state index is 11.8. The molecule has 0 aromatic rings. The Morgan fingerprint density at radius 3 is 2.27 bits per heavy atom. The number of likely N-dealkylation sites (N-methyl/N-ethyl adjacent to an activating group) is 1. The van der Waals surface area contributed by atoms with Gasteiger partial charge in [0.1, 0.15) is 0 Å². The number of hydrazone groups is 1. The summed E-state index contributed by atoms with van der Waals surface area (Å²) in [4.78, 5) is 13.7. The molecule has 0 unspecified atom stereocenters. The minimum absolute atomic E-state index is 0.0337. The molecule has 0 N–H and O–H groups in total. The van der Waals surface area contributed by atoms with Crippen molar-refractivity contribution in [2.45, 2.75) is 20.8 Å². The Morgan fingerprint density at radius 1 is 1.33 bits per heavy atom. The molecule has 1 rings (SSSR count). The van der Waals surface area contributed by atoms with Gasteiger partial charge in [0, 0.05) is 32.8 Å². The molecule has 0 spiro atoms. The number of carbonyl (C=O) groups excluding carboxylic acids is 1. The van der Waals surface area contributed by atoms with E-state index in [2.05, 4.69) is 25.9 Å². The Hall–Kier alpha value is -1.32. The van der Waals surface area contributed by atoms with E-state index in [0.717, 1.165) is 5.71 Å². The van der Waals surface area contributed by atoms with Crippen molar-refractivity contribution in [3.8, 4) is 0 Å². The summed E-state index contributed by atoms with van der Waals surface area (Å²) in [5.74, 6) is -0.0337. The van der Waals surface area contributed by atoms with E-state index in [-0.39, 0.29) is 11.3 Å². The number of amides is 1. The quantitative estimate of drug-likeness (QED) is 0.610. The van der Waals surface area contributed by atoms with Crippen molar-refractivity contribution in [2.75, 3.05) is 21.1 Å². The van der Waals surface area contributed by atoms with Crippen molar-refractivity contribution in [3.05, 3.63) is 11.8 Å². The molecule has 0 fully saturated rings. The maximum Gasteiger partial charge on any atom is 0.277 e. The Labute approximate surface area is 91.2 Å². The topological polar surface area (TPSA) is 35.9 Å².